The van der Waals surface area contributed by atoms with Crippen LogP contribution in [0.4, 0.5) is 5.69 Å². The van der Waals surface area contributed by atoms with Gasteiger partial charge in [0.25, 0.3) is 0 Å². The predicted molar refractivity (Wildman–Crippen MR) is 92.4 cm³/mol. The highest BCUT2D eigenvalue weighted by atomic mass is 35.5. The maximum atomic E-state index is 12.4. The Morgan fingerprint density at radius 3 is 2.77 bits per heavy atom. The summed E-state index contributed by atoms with van der Waals surface area (Å²) in [5, 5.41) is 1.69. The molecule has 1 fully saturated rings. The van der Waals surface area contributed by atoms with Gasteiger partial charge in [0.05, 0.1) is 16.5 Å². The zero-order valence-electron chi connectivity index (χ0n) is 11.6. The van der Waals surface area contributed by atoms with Gasteiger partial charge in [0.1, 0.15) is 5.37 Å². The molecule has 0 aliphatic carbocycles. The standard InChI is InChI=1S/C17H13ClN2OS/c18-13-6-2-4-8-15(13)20-16(21)10-22-17(20)12-9-19-14-7-3-1-5-11(12)14/h1-9,17,19H,10H2/t17-/m0/s1. The van der Waals surface area contributed by atoms with Crippen molar-refractivity contribution in [3.05, 3.63) is 65.3 Å². The SMILES string of the molecule is O=C1CS[C@@H](c2c[nH]c3ccccc23)N1c1ccccc1Cl. The molecule has 2 aromatic carbocycles. The molecule has 1 aliphatic heterocycles. The lowest BCUT2D eigenvalue weighted by Crippen LogP contribution is -2.27. The monoisotopic (exact) mass is 328 g/mol. The van der Waals surface area contributed by atoms with Crippen molar-refractivity contribution in [2.24, 2.45) is 0 Å². The summed E-state index contributed by atoms with van der Waals surface area (Å²) in [5.74, 6) is 0.559. The van der Waals surface area contributed by atoms with Crippen molar-refractivity contribution in [1.82, 2.24) is 4.98 Å². The van der Waals surface area contributed by atoms with E-state index >= 15 is 0 Å². The molecule has 2 heterocycles. The molecule has 3 nitrogen and oxygen atoms in total. The molecule has 22 heavy (non-hydrogen) atoms. The third-order valence-electron chi connectivity index (χ3n) is 3.87. The van der Waals surface area contributed by atoms with Crippen LogP contribution in [0.1, 0.15) is 10.9 Å². The Morgan fingerprint density at radius 1 is 1.14 bits per heavy atom. The van der Waals surface area contributed by atoms with Crippen LogP contribution in [0.5, 0.6) is 0 Å². The van der Waals surface area contributed by atoms with E-state index in [-0.39, 0.29) is 11.3 Å². The Morgan fingerprint density at radius 2 is 1.91 bits per heavy atom. The Bertz CT molecular complexity index is 860. The van der Waals surface area contributed by atoms with Crippen molar-refractivity contribution in [1.29, 1.82) is 0 Å². The molecule has 1 aliphatic rings. The number of para-hydroxylation sites is 2. The first-order valence-electron chi connectivity index (χ1n) is 7.00. The number of aromatic nitrogens is 1. The number of amides is 1. The highest BCUT2D eigenvalue weighted by Gasteiger charge is 2.36. The quantitative estimate of drug-likeness (QED) is 0.746. The Kier molecular flexibility index (Phi) is 3.36. The number of hydrogen-bond donors (Lipinski definition) is 1. The number of hydrogen-bond acceptors (Lipinski definition) is 2. The van der Waals surface area contributed by atoms with Crippen molar-refractivity contribution < 1.29 is 4.79 Å². The number of fused-ring (bicyclic) bond motifs is 1. The Balaban J connectivity index is 1.84. The maximum Gasteiger partial charge on any atom is 0.238 e. The van der Waals surface area contributed by atoms with E-state index in [1.54, 1.807) is 11.8 Å². The molecule has 1 aromatic heterocycles. The molecule has 0 spiro atoms. The third-order valence-corrected chi connectivity index (χ3v) is 5.38. The van der Waals surface area contributed by atoms with Crippen molar-refractivity contribution in [3.8, 4) is 0 Å². The fourth-order valence-electron chi connectivity index (χ4n) is 2.86. The molecule has 110 valence electrons. The van der Waals surface area contributed by atoms with Gasteiger partial charge in [-0.05, 0) is 18.2 Å². The molecule has 4 rings (SSSR count). The lowest BCUT2D eigenvalue weighted by molar-refractivity contribution is -0.115. The van der Waals surface area contributed by atoms with E-state index in [0.717, 1.165) is 22.2 Å². The summed E-state index contributed by atoms with van der Waals surface area (Å²) < 4.78 is 0. The number of halogens is 1. The van der Waals surface area contributed by atoms with Crippen molar-refractivity contribution in [2.45, 2.75) is 5.37 Å². The van der Waals surface area contributed by atoms with E-state index in [1.165, 1.54) is 0 Å². The van der Waals surface area contributed by atoms with Gasteiger partial charge in [0, 0.05) is 22.7 Å². The number of nitrogens with one attached hydrogen (secondary N) is 1. The number of carbonyl (C=O) groups excluding carboxylic acids is 1. The van der Waals surface area contributed by atoms with Gasteiger partial charge in [-0.2, -0.15) is 0 Å². The van der Waals surface area contributed by atoms with Crippen LogP contribution in [0, 0.1) is 0 Å². The Labute approximate surface area is 137 Å². The summed E-state index contributed by atoms with van der Waals surface area (Å²) >= 11 is 7.94. The second kappa shape index (κ2) is 5.38. The van der Waals surface area contributed by atoms with E-state index < -0.39 is 0 Å². The highest BCUT2D eigenvalue weighted by molar-refractivity contribution is 8.00. The van der Waals surface area contributed by atoms with Gasteiger partial charge in [-0.1, -0.05) is 41.9 Å². The van der Waals surface area contributed by atoms with E-state index in [9.17, 15) is 4.79 Å². The molecule has 0 bridgehead atoms. The van der Waals surface area contributed by atoms with E-state index in [2.05, 4.69) is 11.1 Å². The molecule has 1 amide bonds. The maximum absolute atomic E-state index is 12.4. The van der Waals surface area contributed by atoms with Crippen LogP contribution < -0.4 is 4.90 Å². The lowest BCUT2D eigenvalue weighted by Gasteiger charge is -2.24. The van der Waals surface area contributed by atoms with Gasteiger partial charge in [0.15, 0.2) is 0 Å². The minimum absolute atomic E-state index is 0.0523. The second-order valence-corrected chi connectivity index (χ2v) is 6.64. The van der Waals surface area contributed by atoms with E-state index in [1.807, 2.05) is 53.6 Å². The molecule has 0 saturated carbocycles. The van der Waals surface area contributed by atoms with E-state index in [0.29, 0.717) is 10.8 Å². The molecular weight excluding hydrogens is 316 g/mol. The van der Waals surface area contributed by atoms with Gasteiger partial charge in [0.2, 0.25) is 5.91 Å². The Hall–Kier alpha value is -1.91. The molecule has 3 aromatic rings. The van der Waals surface area contributed by atoms with Crippen LogP contribution in [-0.4, -0.2) is 16.6 Å². The highest BCUT2D eigenvalue weighted by Crippen LogP contribution is 2.45. The number of thioether (sulfide) groups is 1. The summed E-state index contributed by atoms with van der Waals surface area (Å²) in [4.78, 5) is 17.5. The van der Waals surface area contributed by atoms with Crippen LogP contribution in [0.25, 0.3) is 10.9 Å². The number of carbonyl (C=O) groups is 1. The molecule has 1 saturated heterocycles. The first-order valence-corrected chi connectivity index (χ1v) is 8.42. The normalized spacial score (nSPS) is 18.3. The topological polar surface area (TPSA) is 36.1 Å². The molecule has 1 N–H and O–H groups in total. The van der Waals surface area contributed by atoms with Crippen LogP contribution in [0.3, 0.4) is 0 Å². The predicted octanol–water partition coefficient (Wildman–Crippen LogP) is 4.60. The number of benzene rings is 2. The minimum atomic E-state index is -0.0523. The van der Waals surface area contributed by atoms with Gasteiger partial charge in [-0.15, -0.1) is 11.8 Å². The molecule has 0 unspecified atom stereocenters. The van der Waals surface area contributed by atoms with Crippen molar-refractivity contribution >= 4 is 45.9 Å². The summed E-state index contributed by atoms with van der Waals surface area (Å²) in [6.07, 6.45) is 1.99. The average Bonchev–Trinajstić information content (AvgIpc) is 3.11. The summed E-state index contributed by atoms with van der Waals surface area (Å²) in [5.41, 5.74) is 2.97. The van der Waals surface area contributed by atoms with Crippen LogP contribution in [0.2, 0.25) is 5.02 Å². The van der Waals surface area contributed by atoms with Gasteiger partial charge < -0.3 is 4.98 Å². The number of aromatic amines is 1. The number of anilines is 1. The summed E-state index contributed by atoms with van der Waals surface area (Å²) in [7, 11) is 0. The number of H-pyrrole nitrogens is 1. The number of nitrogens with zero attached hydrogens (tertiary/aromatic N) is 1. The van der Waals surface area contributed by atoms with Gasteiger partial charge >= 0.3 is 0 Å². The first kappa shape index (κ1) is 13.7. The lowest BCUT2D eigenvalue weighted by atomic mass is 10.1. The summed E-state index contributed by atoms with van der Waals surface area (Å²) in [6.45, 7) is 0. The molecule has 1 atom stereocenters. The first-order chi connectivity index (χ1) is 10.8. The van der Waals surface area contributed by atoms with Crippen molar-refractivity contribution in [3.63, 3.8) is 0 Å². The van der Waals surface area contributed by atoms with E-state index in [4.69, 9.17) is 11.6 Å². The van der Waals surface area contributed by atoms with Crippen LogP contribution in [-0.2, 0) is 4.79 Å². The zero-order valence-corrected chi connectivity index (χ0v) is 13.2. The molecule has 0 radical (unpaired) electrons. The van der Waals surface area contributed by atoms with Crippen LogP contribution >= 0.6 is 23.4 Å². The third kappa shape index (κ3) is 2.11. The van der Waals surface area contributed by atoms with Crippen LogP contribution in [0.15, 0.2) is 54.7 Å². The molecule has 5 heteroatoms. The largest absolute Gasteiger partial charge is 0.361 e. The minimum Gasteiger partial charge on any atom is -0.361 e. The van der Waals surface area contributed by atoms with Gasteiger partial charge in [-0.3, -0.25) is 9.69 Å². The van der Waals surface area contributed by atoms with Crippen molar-refractivity contribution in [2.75, 3.05) is 10.7 Å². The zero-order chi connectivity index (χ0) is 15.1. The number of rotatable bonds is 2. The van der Waals surface area contributed by atoms with Gasteiger partial charge in [-0.25, -0.2) is 0 Å². The fraction of sp³-hybridized carbons (Fsp3) is 0.118. The smallest absolute Gasteiger partial charge is 0.238 e. The summed E-state index contributed by atoms with van der Waals surface area (Å²) in [6, 6.07) is 15.6. The average molecular weight is 329 g/mol. The molecular formula is C17H13ClN2OS. The fourth-order valence-corrected chi connectivity index (χ4v) is 4.28. The second-order valence-electron chi connectivity index (χ2n) is 5.17.